The van der Waals surface area contributed by atoms with Crippen LogP contribution < -0.4 is 9.64 Å². The summed E-state index contributed by atoms with van der Waals surface area (Å²) in [4.78, 5) is 15.6. The second kappa shape index (κ2) is 9.62. The summed E-state index contributed by atoms with van der Waals surface area (Å²) in [5.41, 5.74) is 1.19. The lowest BCUT2D eigenvalue weighted by molar-refractivity contribution is -0.129. The molecular weight excluding hydrogens is 328 g/mol. The first-order chi connectivity index (χ1) is 12.7. The number of nitrogens with zero attached hydrogens (tertiary/aromatic N) is 2. The molecule has 1 amide bonds. The fraction of sp³-hybridized carbons (Fsp3) is 0.571. The van der Waals surface area contributed by atoms with Crippen molar-refractivity contribution >= 4 is 11.6 Å². The van der Waals surface area contributed by atoms with Crippen molar-refractivity contribution in [1.29, 1.82) is 0 Å². The molecule has 1 aromatic rings. The number of rotatable bonds is 7. The molecule has 0 radical (unpaired) electrons. The van der Waals surface area contributed by atoms with Crippen molar-refractivity contribution in [3.8, 4) is 5.75 Å². The van der Waals surface area contributed by atoms with Gasteiger partial charge in [-0.05, 0) is 43.5 Å². The lowest BCUT2D eigenvalue weighted by Gasteiger charge is -2.35. The van der Waals surface area contributed by atoms with Crippen molar-refractivity contribution in [1.82, 2.24) is 4.90 Å². The molecule has 142 valence electrons. The molecule has 1 heterocycles. The molecule has 5 nitrogen and oxygen atoms in total. The predicted octanol–water partition coefficient (Wildman–Crippen LogP) is 3.25. The Labute approximate surface area is 156 Å². The molecule has 1 aromatic carbocycles. The van der Waals surface area contributed by atoms with E-state index in [1.54, 1.807) is 6.92 Å². The third-order valence-corrected chi connectivity index (χ3v) is 5.03. The summed E-state index contributed by atoms with van der Waals surface area (Å²) in [5.74, 6) is 1.06. The molecule has 0 saturated carbocycles. The molecule has 1 saturated heterocycles. The van der Waals surface area contributed by atoms with Crippen LogP contribution in [0, 0.1) is 0 Å². The fourth-order valence-corrected chi connectivity index (χ4v) is 3.44. The number of carbonyl (C=O) groups is 1. The second-order valence-electron chi connectivity index (χ2n) is 6.96. The molecule has 3 rings (SSSR count). The minimum Gasteiger partial charge on any atom is -0.494 e. The van der Waals surface area contributed by atoms with Crippen molar-refractivity contribution in [2.75, 3.05) is 44.3 Å². The monoisotopic (exact) mass is 358 g/mol. The van der Waals surface area contributed by atoms with Crippen LogP contribution in [0.25, 0.3) is 0 Å². The standard InChI is InChI=1S/C21H30N2O3/c1-18(24)22-12-14-23(15-13-22)19-8-10-21(11-9-19)26-17-5-16-25-20-6-3-2-4-7-20/h3,6,8-11,20H,2,4-5,7,12-17H2,1H3. The van der Waals surface area contributed by atoms with Crippen LogP contribution in [-0.2, 0) is 9.53 Å². The zero-order valence-corrected chi connectivity index (χ0v) is 15.7. The van der Waals surface area contributed by atoms with Crippen LogP contribution in [0.15, 0.2) is 36.4 Å². The van der Waals surface area contributed by atoms with Gasteiger partial charge in [-0.1, -0.05) is 12.2 Å². The SMILES string of the molecule is CC(=O)N1CCN(c2ccc(OCCCOC3C=CCCC3)cc2)CC1. The summed E-state index contributed by atoms with van der Waals surface area (Å²) in [5, 5.41) is 0. The Hall–Kier alpha value is -2.01. The maximum Gasteiger partial charge on any atom is 0.219 e. The van der Waals surface area contributed by atoms with Crippen LogP contribution in [0.3, 0.4) is 0 Å². The number of benzene rings is 1. The molecular formula is C21H30N2O3. The molecule has 1 aliphatic carbocycles. The van der Waals surface area contributed by atoms with E-state index in [0.29, 0.717) is 12.7 Å². The number of allylic oxidation sites excluding steroid dienone is 1. The van der Waals surface area contributed by atoms with E-state index in [4.69, 9.17) is 9.47 Å². The summed E-state index contributed by atoms with van der Waals surface area (Å²) in [6, 6.07) is 8.25. The summed E-state index contributed by atoms with van der Waals surface area (Å²) >= 11 is 0. The summed E-state index contributed by atoms with van der Waals surface area (Å²) < 4.78 is 11.7. The van der Waals surface area contributed by atoms with Crippen molar-refractivity contribution in [2.45, 2.75) is 38.7 Å². The smallest absolute Gasteiger partial charge is 0.219 e. The highest BCUT2D eigenvalue weighted by Gasteiger charge is 2.18. The highest BCUT2D eigenvalue weighted by molar-refractivity contribution is 5.73. The molecule has 5 heteroatoms. The zero-order chi connectivity index (χ0) is 18.2. The fourth-order valence-electron chi connectivity index (χ4n) is 3.44. The van der Waals surface area contributed by atoms with Gasteiger partial charge in [-0.25, -0.2) is 0 Å². The number of ether oxygens (including phenoxy) is 2. The van der Waals surface area contributed by atoms with E-state index in [2.05, 4.69) is 29.2 Å². The molecule has 0 spiro atoms. The van der Waals surface area contributed by atoms with E-state index >= 15 is 0 Å². The van der Waals surface area contributed by atoms with E-state index in [0.717, 1.165) is 51.4 Å². The molecule has 1 aliphatic heterocycles. The van der Waals surface area contributed by atoms with Crippen molar-refractivity contribution in [3.05, 3.63) is 36.4 Å². The van der Waals surface area contributed by atoms with Crippen LogP contribution >= 0.6 is 0 Å². The van der Waals surface area contributed by atoms with E-state index in [-0.39, 0.29) is 5.91 Å². The van der Waals surface area contributed by atoms with Crippen LogP contribution in [0.4, 0.5) is 5.69 Å². The Balaban J connectivity index is 1.34. The van der Waals surface area contributed by atoms with Gasteiger partial charge in [-0.3, -0.25) is 4.79 Å². The Morgan fingerprint density at radius 1 is 1.12 bits per heavy atom. The third kappa shape index (κ3) is 5.49. The van der Waals surface area contributed by atoms with Crippen LogP contribution in [-0.4, -0.2) is 56.3 Å². The van der Waals surface area contributed by atoms with E-state index in [9.17, 15) is 4.79 Å². The van der Waals surface area contributed by atoms with Gasteiger partial charge in [-0.2, -0.15) is 0 Å². The minimum absolute atomic E-state index is 0.164. The van der Waals surface area contributed by atoms with Crippen molar-refractivity contribution < 1.29 is 14.3 Å². The van der Waals surface area contributed by atoms with Gasteiger partial charge in [0.15, 0.2) is 0 Å². The largest absolute Gasteiger partial charge is 0.494 e. The van der Waals surface area contributed by atoms with Crippen molar-refractivity contribution in [2.24, 2.45) is 0 Å². The molecule has 1 fully saturated rings. The van der Waals surface area contributed by atoms with Gasteiger partial charge in [0, 0.05) is 45.2 Å². The van der Waals surface area contributed by atoms with Crippen LogP contribution in [0.2, 0.25) is 0 Å². The normalized spacial score (nSPS) is 20.3. The van der Waals surface area contributed by atoms with Crippen LogP contribution in [0.1, 0.15) is 32.6 Å². The molecule has 0 N–H and O–H groups in total. The van der Waals surface area contributed by atoms with Gasteiger partial charge in [0.2, 0.25) is 5.91 Å². The topological polar surface area (TPSA) is 42.0 Å². The number of piperazine rings is 1. The Bertz CT molecular complexity index is 592. The molecule has 1 unspecified atom stereocenters. The average Bonchev–Trinajstić information content (AvgIpc) is 2.69. The zero-order valence-electron chi connectivity index (χ0n) is 15.7. The summed E-state index contributed by atoms with van der Waals surface area (Å²) in [6.07, 6.45) is 9.15. The third-order valence-electron chi connectivity index (χ3n) is 5.03. The second-order valence-corrected chi connectivity index (χ2v) is 6.96. The number of anilines is 1. The van der Waals surface area contributed by atoms with Gasteiger partial charge in [0.05, 0.1) is 19.3 Å². The van der Waals surface area contributed by atoms with Gasteiger partial charge in [-0.15, -0.1) is 0 Å². The quantitative estimate of drug-likeness (QED) is 0.554. The Kier molecular flexibility index (Phi) is 6.95. The van der Waals surface area contributed by atoms with E-state index in [1.807, 2.05) is 17.0 Å². The maximum atomic E-state index is 11.4. The first-order valence-corrected chi connectivity index (χ1v) is 9.74. The predicted molar refractivity (Wildman–Crippen MR) is 104 cm³/mol. The number of amides is 1. The van der Waals surface area contributed by atoms with Gasteiger partial charge in [0.1, 0.15) is 5.75 Å². The number of carbonyl (C=O) groups excluding carboxylic acids is 1. The van der Waals surface area contributed by atoms with Gasteiger partial charge in [0.25, 0.3) is 0 Å². The van der Waals surface area contributed by atoms with Crippen LogP contribution in [0.5, 0.6) is 5.75 Å². The maximum absolute atomic E-state index is 11.4. The summed E-state index contributed by atoms with van der Waals surface area (Å²) in [7, 11) is 0. The Morgan fingerprint density at radius 3 is 2.54 bits per heavy atom. The highest BCUT2D eigenvalue weighted by Crippen LogP contribution is 2.21. The Morgan fingerprint density at radius 2 is 1.88 bits per heavy atom. The lowest BCUT2D eigenvalue weighted by atomic mass is 10.1. The molecule has 2 aliphatic rings. The van der Waals surface area contributed by atoms with Gasteiger partial charge >= 0.3 is 0 Å². The first kappa shape index (κ1) is 18.8. The first-order valence-electron chi connectivity index (χ1n) is 9.74. The van der Waals surface area contributed by atoms with E-state index < -0.39 is 0 Å². The molecule has 0 bridgehead atoms. The highest BCUT2D eigenvalue weighted by atomic mass is 16.5. The average molecular weight is 358 g/mol. The van der Waals surface area contributed by atoms with Crippen molar-refractivity contribution in [3.63, 3.8) is 0 Å². The van der Waals surface area contributed by atoms with Gasteiger partial charge < -0.3 is 19.3 Å². The number of hydrogen-bond acceptors (Lipinski definition) is 4. The number of hydrogen-bond donors (Lipinski definition) is 0. The molecule has 0 aromatic heterocycles. The van der Waals surface area contributed by atoms with E-state index in [1.165, 1.54) is 18.5 Å². The lowest BCUT2D eigenvalue weighted by Crippen LogP contribution is -2.48. The minimum atomic E-state index is 0.164. The summed E-state index contributed by atoms with van der Waals surface area (Å²) in [6.45, 7) is 6.41. The molecule has 26 heavy (non-hydrogen) atoms. The molecule has 1 atom stereocenters.